The average Bonchev–Trinajstić information content (AvgIpc) is 2.29. The summed E-state index contributed by atoms with van der Waals surface area (Å²) < 4.78 is 23.3. The van der Waals surface area contributed by atoms with Gasteiger partial charge in [-0.05, 0) is 18.4 Å². The Labute approximate surface area is 107 Å². The number of carboxylic acids is 1. The van der Waals surface area contributed by atoms with E-state index in [-0.39, 0.29) is 6.42 Å². The van der Waals surface area contributed by atoms with Crippen molar-refractivity contribution in [3.05, 3.63) is 35.9 Å². The number of carboxylic acid groups (broad SMARTS) is 1. The third-order valence-electron chi connectivity index (χ3n) is 2.53. The fraction of sp³-hybridized carbons (Fsp3) is 0.308. The van der Waals surface area contributed by atoms with Crippen molar-refractivity contribution in [2.24, 2.45) is 0 Å². The van der Waals surface area contributed by atoms with Gasteiger partial charge in [0.05, 0.1) is 0 Å². The Morgan fingerprint density at radius 3 is 2.44 bits per heavy atom. The van der Waals surface area contributed by atoms with Crippen LogP contribution in [0.2, 0.25) is 0 Å². The second-order valence-electron chi connectivity index (χ2n) is 3.86. The normalized spacial score (nSPS) is 12.6. The molecule has 0 aliphatic heterocycles. The van der Waals surface area contributed by atoms with Crippen molar-refractivity contribution in [1.29, 1.82) is 0 Å². The van der Waals surface area contributed by atoms with Crippen molar-refractivity contribution in [3.63, 3.8) is 0 Å². The first-order chi connectivity index (χ1) is 8.47. The largest absolute Gasteiger partial charge is 0.480 e. The molecule has 1 unspecified atom stereocenters. The Morgan fingerprint density at radius 2 is 1.94 bits per heavy atom. The summed E-state index contributed by atoms with van der Waals surface area (Å²) in [4.78, 5) is 11.0. The SMILES string of the molecule is C#CCS(=O)(=O)C(CCc1ccccc1)C(=O)O. The smallest absolute Gasteiger partial charge is 0.321 e. The van der Waals surface area contributed by atoms with Crippen molar-refractivity contribution in [1.82, 2.24) is 0 Å². The summed E-state index contributed by atoms with van der Waals surface area (Å²) in [5.41, 5.74) is 0.902. The highest BCUT2D eigenvalue weighted by atomic mass is 32.2. The molecule has 18 heavy (non-hydrogen) atoms. The second kappa shape index (κ2) is 6.22. The lowest BCUT2D eigenvalue weighted by Gasteiger charge is -2.11. The van der Waals surface area contributed by atoms with Gasteiger partial charge < -0.3 is 5.11 Å². The molecule has 0 saturated carbocycles. The Bertz CT molecular complexity index is 540. The minimum Gasteiger partial charge on any atom is -0.480 e. The van der Waals surface area contributed by atoms with Crippen LogP contribution in [0.15, 0.2) is 30.3 Å². The van der Waals surface area contributed by atoms with Crippen LogP contribution in [0, 0.1) is 12.3 Å². The summed E-state index contributed by atoms with van der Waals surface area (Å²) in [7, 11) is -3.78. The number of hydrogen-bond acceptors (Lipinski definition) is 3. The molecule has 0 bridgehead atoms. The summed E-state index contributed by atoms with van der Waals surface area (Å²) in [6, 6.07) is 9.13. The van der Waals surface area contributed by atoms with Crippen LogP contribution >= 0.6 is 0 Å². The highest BCUT2D eigenvalue weighted by Gasteiger charge is 2.31. The van der Waals surface area contributed by atoms with Gasteiger partial charge in [-0.25, -0.2) is 8.42 Å². The van der Waals surface area contributed by atoms with E-state index in [4.69, 9.17) is 11.5 Å². The summed E-state index contributed by atoms with van der Waals surface area (Å²) >= 11 is 0. The molecule has 1 N–H and O–H groups in total. The summed E-state index contributed by atoms with van der Waals surface area (Å²) in [5, 5.41) is 7.53. The van der Waals surface area contributed by atoms with Gasteiger partial charge in [0, 0.05) is 0 Å². The van der Waals surface area contributed by atoms with Crippen LogP contribution < -0.4 is 0 Å². The second-order valence-corrected chi connectivity index (χ2v) is 6.05. The van der Waals surface area contributed by atoms with Crippen LogP contribution in [0.1, 0.15) is 12.0 Å². The van der Waals surface area contributed by atoms with Gasteiger partial charge in [0.2, 0.25) is 0 Å². The molecule has 0 saturated heterocycles. The molecular weight excluding hydrogens is 252 g/mol. The number of hydrogen-bond donors (Lipinski definition) is 1. The van der Waals surface area contributed by atoms with Gasteiger partial charge in [0.1, 0.15) is 5.75 Å². The first-order valence-electron chi connectivity index (χ1n) is 5.39. The zero-order valence-corrected chi connectivity index (χ0v) is 10.6. The van der Waals surface area contributed by atoms with Crippen LogP contribution in [-0.4, -0.2) is 30.5 Å². The molecule has 1 aromatic rings. The number of terminal acetylenes is 1. The Kier molecular flexibility index (Phi) is 4.93. The minimum atomic E-state index is -3.78. The summed E-state index contributed by atoms with van der Waals surface area (Å²) in [6.07, 6.45) is 5.36. The maximum atomic E-state index is 11.7. The molecule has 0 aromatic heterocycles. The number of aryl methyl sites for hydroxylation is 1. The quantitative estimate of drug-likeness (QED) is 0.783. The molecule has 0 amide bonds. The van der Waals surface area contributed by atoms with Crippen molar-refractivity contribution in [2.75, 3.05) is 5.75 Å². The molecule has 0 fully saturated rings. The molecule has 0 heterocycles. The van der Waals surface area contributed by atoms with Crippen LogP contribution in [0.25, 0.3) is 0 Å². The molecule has 0 spiro atoms. The molecular formula is C13H14O4S. The van der Waals surface area contributed by atoms with Crippen LogP contribution in [-0.2, 0) is 21.1 Å². The third-order valence-corrected chi connectivity index (χ3v) is 4.40. The van der Waals surface area contributed by atoms with E-state index in [9.17, 15) is 13.2 Å². The topological polar surface area (TPSA) is 71.4 Å². The van der Waals surface area contributed by atoms with E-state index >= 15 is 0 Å². The van der Waals surface area contributed by atoms with E-state index in [2.05, 4.69) is 0 Å². The third kappa shape index (κ3) is 3.90. The molecule has 1 aromatic carbocycles. The Morgan fingerprint density at radius 1 is 1.33 bits per heavy atom. The summed E-state index contributed by atoms with van der Waals surface area (Å²) in [5.74, 6) is 0.101. The van der Waals surface area contributed by atoms with Crippen LogP contribution in [0.5, 0.6) is 0 Å². The molecule has 4 nitrogen and oxygen atoms in total. The lowest BCUT2D eigenvalue weighted by molar-refractivity contribution is -0.136. The standard InChI is InChI=1S/C13H14O4S/c1-2-10-18(16,17)12(13(14)15)9-8-11-6-4-3-5-7-11/h1,3-7,12H,8-10H2,(H,14,15). The number of carbonyl (C=O) groups is 1. The lowest BCUT2D eigenvalue weighted by Crippen LogP contribution is -2.32. The van der Waals surface area contributed by atoms with E-state index in [1.807, 2.05) is 36.3 Å². The molecule has 0 aliphatic carbocycles. The van der Waals surface area contributed by atoms with E-state index in [0.717, 1.165) is 5.56 Å². The van der Waals surface area contributed by atoms with Crippen molar-refractivity contribution in [2.45, 2.75) is 18.1 Å². The van der Waals surface area contributed by atoms with Gasteiger partial charge in [-0.2, -0.15) is 0 Å². The number of benzene rings is 1. The van der Waals surface area contributed by atoms with E-state index in [1.54, 1.807) is 0 Å². The first-order valence-corrected chi connectivity index (χ1v) is 7.10. The number of rotatable bonds is 6. The fourth-order valence-electron chi connectivity index (χ4n) is 1.62. The monoisotopic (exact) mass is 266 g/mol. The first kappa shape index (κ1) is 14.3. The molecule has 96 valence electrons. The van der Waals surface area contributed by atoms with Crippen molar-refractivity contribution < 1.29 is 18.3 Å². The van der Waals surface area contributed by atoms with Gasteiger partial charge in [-0.15, -0.1) is 6.42 Å². The zero-order chi connectivity index (χ0) is 13.6. The van der Waals surface area contributed by atoms with E-state index in [0.29, 0.717) is 6.42 Å². The molecule has 0 aliphatic rings. The fourth-order valence-corrected chi connectivity index (χ4v) is 2.83. The lowest BCUT2D eigenvalue weighted by atomic mass is 10.1. The van der Waals surface area contributed by atoms with Gasteiger partial charge in [0.15, 0.2) is 15.1 Å². The van der Waals surface area contributed by atoms with Gasteiger partial charge in [-0.1, -0.05) is 36.3 Å². The van der Waals surface area contributed by atoms with Gasteiger partial charge in [0.25, 0.3) is 0 Å². The predicted octanol–water partition coefficient (Wildman–Crippen LogP) is 1.12. The molecule has 0 radical (unpaired) electrons. The van der Waals surface area contributed by atoms with E-state index in [1.165, 1.54) is 0 Å². The van der Waals surface area contributed by atoms with Crippen molar-refractivity contribution in [3.8, 4) is 12.3 Å². The molecule has 1 atom stereocenters. The van der Waals surface area contributed by atoms with Gasteiger partial charge in [-0.3, -0.25) is 4.79 Å². The van der Waals surface area contributed by atoms with Gasteiger partial charge >= 0.3 is 5.97 Å². The summed E-state index contributed by atoms with van der Waals surface area (Å²) in [6.45, 7) is 0. The Hall–Kier alpha value is -1.80. The highest BCUT2D eigenvalue weighted by Crippen LogP contribution is 2.12. The van der Waals surface area contributed by atoms with Crippen molar-refractivity contribution >= 4 is 15.8 Å². The zero-order valence-electron chi connectivity index (χ0n) is 9.74. The number of aliphatic carboxylic acids is 1. The average molecular weight is 266 g/mol. The van der Waals surface area contributed by atoms with Crippen LogP contribution in [0.3, 0.4) is 0 Å². The Balaban J connectivity index is 2.78. The molecule has 1 rings (SSSR count). The maximum absolute atomic E-state index is 11.7. The number of sulfone groups is 1. The predicted molar refractivity (Wildman–Crippen MR) is 68.8 cm³/mol. The van der Waals surface area contributed by atoms with E-state index < -0.39 is 26.8 Å². The maximum Gasteiger partial charge on any atom is 0.321 e. The van der Waals surface area contributed by atoms with Crippen LogP contribution in [0.4, 0.5) is 0 Å². The highest BCUT2D eigenvalue weighted by molar-refractivity contribution is 7.92. The minimum absolute atomic E-state index is 0.0311. The molecule has 5 heteroatoms.